The number of hydrogen-bond acceptors (Lipinski definition) is 9. The van der Waals surface area contributed by atoms with E-state index in [-0.39, 0.29) is 59.2 Å². The Morgan fingerprint density at radius 1 is 0.690 bits per heavy atom. The van der Waals surface area contributed by atoms with Crippen LogP contribution in [0.4, 0.5) is 29.2 Å². The Hall–Kier alpha value is -6.71. The number of nitrogens with two attached hydrogens (primary N) is 1. The molecule has 0 saturated heterocycles. The third kappa shape index (κ3) is 8.65. The molecule has 8 rings (SSSR count). The monoisotopic (exact) mass is 798 g/mol. The number of carbonyl (C=O) groups is 5. The average Bonchev–Trinajstić information content (AvgIpc) is 4.01. The SMILES string of the molecule is CC(=O)Nc1nc2ccc(-c3cccc(F)c3C)cn2c1C(=O)[C@@H]1C[C@@H]1F.CC(=O)OC(C)=O.Cc1c(F)cccc1-c1ccc2nc(N)c(C(=O)[C@@H]3C[C@@H]3F)n2c1. The Bertz CT molecular complexity index is 2630. The van der Waals surface area contributed by atoms with E-state index in [0.29, 0.717) is 33.5 Å². The molecule has 3 N–H and O–H groups in total. The Kier molecular flexibility index (Phi) is 11.6. The first kappa shape index (κ1) is 40.9. The number of fused-ring (bicyclic) bond motifs is 2. The molecule has 4 aromatic heterocycles. The molecule has 2 fully saturated rings. The van der Waals surface area contributed by atoms with Crippen molar-refractivity contribution in [2.45, 2.75) is 59.8 Å². The lowest BCUT2D eigenvalue weighted by Crippen LogP contribution is -2.14. The van der Waals surface area contributed by atoms with E-state index in [9.17, 15) is 41.5 Å². The number of nitrogen functional groups attached to an aromatic ring is 1. The van der Waals surface area contributed by atoms with E-state index in [2.05, 4.69) is 20.0 Å². The number of rotatable bonds is 7. The number of benzene rings is 2. The van der Waals surface area contributed by atoms with Crippen LogP contribution in [0.5, 0.6) is 0 Å². The summed E-state index contributed by atoms with van der Waals surface area (Å²) in [5.41, 5.74) is 11.0. The number of nitrogens with zero attached hydrogens (tertiary/aromatic N) is 4. The van der Waals surface area contributed by atoms with Crippen molar-refractivity contribution >= 4 is 52.3 Å². The van der Waals surface area contributed by atoms with Gasteiger partial charge in [0.15, 0.2) is 23.2 Å². The van der Waals surface area contributed by atoms with Gasteiger partial charge in [0.05, 0.1) is 11.8 Å². The van der Waals surface area contributed by atoms with Gasteiger partial charge >= 0.3 is 11.9 Å². The number of hydrogen-bond donors (Lipinski definition) is 2. The fourth-order valence-electron chi connectivity index (χ4n) is 6.43. The van der Waals surface area contributed by atoms with Gasteiger partial charge in [0.25, 0.3) is 0 Å². The fourth-order valence-corrected chi connectivity index (χ4v) is 6.43. The number of halogens is 4. The molecule has 300 valence electrons. The van der Waals surface area contributed by atoms with Gasteiger partial charge in [0.1, 0.15) is 46.7 Å². The minimum atomic E-state index is -1.16. The van der Waals surface area contributed by atoms with E-state index in [1.807, 2.05) is 0 Å². The fraction of sp³-hybridized carbons (Fsp3) is 0.262. The Morgan fingerprint density at radius 2 is 1.12 bits per heavy atom. The van der Waals surface area contributed by atoms with E-state index in [1.165, 1.54) is 32.9 Å². The van der Waals surface area contributed by atoms with Crippen molar-refractivity contribution in [1.82, 2.24) is 18.8 Å². The predicted octanol–water partition coefficient (Wildman–Crippen LogP) is 7.62. The van der Waals surface area contributed by atoms with Crippen molar-refractivity contribution in [2.75, 3.05) is 11.1 Å². The largest absolute Gasteiger partial charge is 0.394 e. The molecule has 2 saturated carbocycles. The van der Waals surface area contributed by atoms with Crippen LogP contribution in [0.2, 0.25) is 0 Å². The van der Waals surface area contributed by atoms with Gasteiger partial charge in [-0.3, -0.25) is 32.8 Å². The number of alkyl halides is 2. The smallest absolute Gasteiger partial charge is 0.310 e. The maximum Gasteiger partial charge on any atom is 0.310 e. The van der Waals surface area contributed by atoms with Crippen molar-refractivity contribution in [2.24, 2.45) is 11.8 Å². The summed E-state index contributed by atoms with van der Waals surface area (Å²) in [4.78, 5) is 64.8. The topological polar surface area (TPSA) is 167 Å². The number of esters is 2. The Labute approximate surface area is 329 Å². The molecule has 6 aromatic rings. The molecular weight excluding hydrogens is 760 g/mol. The lowest BCUT2D eigenvalue weighted by molar-refractivity contribution is -0.156. The van der Waals surface area contributed by atoms with E-state index in [0.717, 1.165) is 11.1 Å². The molecule has 4 atom stereocenters. The molecule has 2 aliphatic rings. The number of imidazole rings is 2. The van der Waals surface area contributed by atoms with Gasteiger partial charge in [0, 0.05) is 33.2 Å². The number of ketones is 2. The van der Waals surface area contributed by atoms with Crippen LogP contribution in [0.1, 0.15) is 65.7 Å². The minimum absolute atomic E-state index is 0.0900. The van der Waals surface area contributed by atoms with Crippen LogP contribution in [0.3, 0.4) is 0 Å². The van der Waals surface area contributed by atoms with E-state index in [1.54, 1.807) is 83.6 Å². The molecule has 12 nitrogen and oxygen atoms in total. The lowest BCUT2D eigenvalue weighted by Gasteiger charge is -2.09. The molecule has 16 heteroatoms. The van der Waals surface area contributed by atoms with Crippen molar-refractivity contribution in [3.8, 4) is 22.3 Å². The molecular formula is C42H38F4N6O6. The molecule has 0 unspecified atom stereocenters. The number of aromatic nitrogens is 4. The molecule has 0 spiro atoms. The molecule has 58 heavy (non-hydrogen) atoms. The normalized spacial score (nSPS) is 17.7. The molecule has 0 aliphatic heterocycles. The number of Topliss-reactive ketones (excluding diaryl/α,β-unsaturated/α-hetero) is 2. The van der Waals surface area contributed by atoms with Crippen molar-refractivity contribution < 1.29 is 46.3 Å². The molecule has 2 aromatic carbocycles. The summed E-state index contributed by atoms with van der Waals surface area (Å²) in [5, 5.41) is 2.55. The minimum Gasteiger partial charge on any atom is -0.394 e. The number of amides is 1. The molecule has 0 bridgehead atoms. The summed E-state index contributed by atoms with van der Waals surface area (Å²) in [6.45, 7) is 7.05. The Morgan fingerprint density at radius 3 is 1.53 bits per heavy atom. The highest BCUT2D eigenvalue weighted by molar-refractivity contribution is 6.06. The van der Waals surface area contributed by atoms with Crippen LogP contribution in [0, 0.1) is 37.3 Å². The van der Waals surface area contributed by atoms with Gasteiger partial charge in [-0.15, -0.1) is 0 Å². The molecule has 1 amide bonds. The summed E-state index contributed by atoms with van der Waals surface area (Å²) in [5.74, 6) is -4.00. The number of anilines is 2. The predicted molar refractivity (Wildman–Crippen MR) is 206 cm³/mol. The van der Waals surface area contributed by atoms with Crippen LogP contribution in [-0.2, 0) is 19.1 Å². The number of ether oxygens (including phenoxy) is 1. The van der Waals surface area contributed by atoms with Gasteiger partial charge < -0.3 is 15.8 Å². The van der Waals surface area contributed by atoms with Crippen LogP contribution < -0.4 is 11.1 Å². The molecule has 4 heterocycles. The van der Waals surface area contributed by atoms with Gasteiger partial charge in [-0.05, 0) is 96.5 Å². The quantitative estimate of drug-likeness (QED) is 0.0715. The molecule has 2 aliphatic carbocycles. The average molecular weight is 799 g/mol. The lowest BCUT2D eigenvalue weighted by atomic mass is 10.0. The highest BCUT2D eigenvalue weighted by Gasteiger charge is 2.46. The Balaban J connectivity index is 0.000000169. The van der Waals surface area contributed by atoms with Crippen LogP contribution >= 0.6 is 0 Å². The first-order valence-electron chi connectivity index (χ1n) is 18.1. The third-order valence-electron chi connectivity index (χ3n) is 9.57. The zero-order valence-corrected chi connectivity index (χ0v) is 32.0. The summed E-state index contributed by atoms with van der Waals surface area (Å²) in [6.07, 6.45) is 1.50. The van der Waals surface area contributed by atoms with Gasteiger partial charge in [-0.1, -0.05) is 24.3 Å². The summed E-state index contributed by atoms with van der Waals surface area (Å²) >= 11 is 0. The van der Waals surface area contributed by atoms with Crippen LogP contribution in [0.15, 0.2) is 73.1 Å². The van der Waals surface area contributed by atoms with Gasteiger partial charge in [-0.25, -0.2) is 27.5 Å². The highest BCUT2D eigenvalue weighted by atomic mass is 19.1. The van der Waals surface area contributed by atoms with Gasteiger partial charge in [0.2, 0.25) is 5.91 Å². The molecule has 0 radical (unpaired) electrons. The number of pyridine rings is 2. The van der Waals surface area contributed by atoms with Crippen LogP contribution in [0.25, 0.3) is 33.5 Å². The van der Waals surface area contributed by atoms with Crippen molar-refractivity contribution in [3.63, 3.8) is 0 Å². The zero-order chi connectivity index (χ0) is 42.2. The maximum atomic E-state index is 13.9. The second kappa shape index (κ2) is 16.4. The highest BCUT2D eigenvalue weighted by Crippen LogP contribution is 2.40. The summed E-state index contributed by atoms with van der Waals surface area (Å²) in [7, 11) is 0. The van der Waals surface area contributed by atoms with E-state index >= 15 is 0 Å². The number of carbonyl (C=O) groups excluding carboxylic acids is 5. The van der Waals surface area contributed by atoms with E-state index < -0.39 is 41.9 Å². The second-order valence-electron chi connectivity index (χ2n) is 14.0. The second-order valence-corrected chi connectivity index (χ2v) is 14.0. The summed E-state index contributed by atoms with van der Waals surface area (Å²) in [6, 6.07) is 16.6. The zero-order valence-electron chi connectivity index (χ0n) is 32.0. The van der Waals surface area contributed by atoms with E-state index in [4.69, 9.17) is 5.73 Å². The van der Waals surface area contributed by atoms with Crippen molar-refractivity contribution in [3.05, 3.63) is 107 Å². The maximum absolute atomic E-state index is 13.9. The number of nitrogens with one attached hydrogen (secondary N) is 1. The van der Waals surface area contributed by atoms with Crippen molar-refractivity contribution in [1.29, 1.82) is 0 Å². The third-order valence-corrected chi connectivity index (χ3v) is 9.57. The first-order chi connectivity index (χ1) is 27.5. The van der Waals surface area contributed by atoms with Gasteiger partial charge in [-0.2, -0.15) is 0 Å². The van der Waals surface area contributed by atoms with Crippen LogP contribution in [-0.4, -0.2) is 60.5 Å². The standard InChI is InChI=1S/C20H17F2N3O2.C18H15F2N3O.C4H6O3/c1-10-13(4-3-5-15(10)21)12-6-7-17-24-20(23-11(2)26)18(25(17)9-12)19(27)14-8-16(14)22;1-9-11(3-2-4-13(9)19)10-5-6-15-22-18(21)16(23(15)8-10)17(24)12-7-14(12)20;1-3(5)7-4(2)6/h3-7,9,14,16H,8H2,1-2H3,(H,23,26);2-6,8,12,14H,7,21H2,1H3;1-2H3/t14-,16+;12-,14+;/m11./s1. The summed E-state index contributed by atoms with van der Waals surface area (Å²) < 4.78 is 61.6. The first-order valence-corrected chi connectivity index (χ1v) is 18.1.